The highest BCUT2D eigenvalue weighted by molar-refractivity contribution is 9.10. The monoisotopic (exact) mass is 351 g/mol. The molecular formula is C15H14BrNO4. The average molecular weight is 352 g/mol. The number of amides is 1. The average Bonchev–Trinajstić information content (AvgIpc) is 2.91. The predicted octanol–water partition coefficient (Wildman–Crippen LogP) is 3.86. The Morgan fingerprint density at radius 1 is 1.24 bits per heavy atom. The Bertz CT molecular complexity index is 633. The zero-order valence-corrected chi connectivity index (χ0v) is 13.0. The second-order valence-electron chi connectivity index (χ2n) is 4.28. The molecule has 0 fully saturated rings. The van der Waals surface area contributed by atoms with Crippen molar-refractivity contribution >= 4 is 33.5 Å². The number of benzene rings is 1. The fourth-order valence-electron chi connectivity index (χ4n) is 1.62. The first kappa shape index (κ1) is 15.3. The van der Waals surface area contributed by atoms with Crippen molar-refractivity contribution < 1.29 is 18.7 Å². The smallest absolute Gasteiger partial charge is 0.338 e. The van der Waals surface area contributed by atoms with Crippen molar-refractivity contribution in [2.75, 3.05) is 11.9 Å². The molecule has 0 saturated carbocycles. The molecule has 0 unspecified atom stereocenters. The summed E-state index contributed by atoms with van der Waals surface area (Å²) >= 11 is 3.15. The molecule has 2 aromatic rings. The van der Waals surface area contributed by atoms with Gasteiger partial charge >= 0.3 is 5.97 Å². The van der Waals surface area contributed by atoms with Gasteiger partial charge in [-0.05, 0) is 52.7 Å². The normalized spacial score (nSPS) is 10.2. The first-order chi connectivity index (χ1) is 10.1. The minimum atomic E-state index is -0.368. The van der Waals surface area contributed by atoms with Crippen molar-refractivity contribution in [3.8, 4) is 0 Å². The molecule has 1 N–H and O–H groups in total. The quantitative estimate of drug-likeness (QED) is 0.830. The van der Waals surface area contributed by atoms with Crippen LogP contribution in [0.3, 0.4) is 0 Å². The highest BCUT2D eigenvalue weighted by Crippen LogP contribution is 2.19. The molecule has 0 radical (unpaired) electrons. The van der Waals surface area contributed by atoms with Gasteiger partial charge in [0.25, 0.3) is 5.91 Å². The summed E-state index contributed by atoms with van der Waals surface area (Å²) in [5.41, 5.74) is 1.44. The molecule has 0 aliphatic rings. The Hall–Kier alpha value is -2.08. The second-order valence-corrected chi connectivity index (χ2v) is 5.00. The molecule has 0 aliphatic heterocycles. The molecule has 1 aromatic carbocycles. The van der Waals surface area contributed by atoms with Crippen molar-refractivity contribution in [2.24, 2.45) is 0 Å². The Morgan fingerprint density at radius 3 is 2.52 bits per heavy atom. The van der Waals surface area contributed by atoms with Crippen LogP contribution in [-0.2, 0) is 4.74 Å². The minimum Gasteiger partial charge on any atom is -0.462 e. The van der Waals surface area contributed by atoms with Crippen LogP contribution in [-0.4, -0.2) is 18.5 Å². The van der Waals surface area contributed by atoms with E-state index in [0.717, 1.165) is 6.42 Å². The SMILES string of the molecule is CCCOC(=O)c1ccc(NC(=O)c2ccoc2Br)cc1. The lowest BCUT2D eigenvalue weighted by atomic mass is 10.2. The first-order valence-electron chi connectivity index (χ1n) is 6.43. The molecule has 2 rings (SSSR count). The van der Waals surface area contributed by atoms with Gasteiger partial charge in [0.05, 0.1) is 24.0 Å². The number of anilines is 1. The lowest BCUT2D eigenvalue weighted by molar-refractivity contribution is 0.0505. The van der Waals surface area contributed by atoms with Crippen molar-refractivity contribution in [3.05, 3.63) is 52.4 Å². The molecule has 0 saturated heterocycles. The lowest BCUT2D eigenvalue weighted by Crippen LogP contribution is -2.12. The van der Waals surface area contributed by atoms with Crippen molar-refractivity contribution in [1.29, 1.82) is 0 Å². The number of esters is 1. The summed E-state index contributed by atoms with van der Waals surface area (Å²) in [6, 6.07) is 8.08. The molecule has 6 heteroatoms. The molecule has 21 heavy (non-hydrogen) atoms. The standard InChI is InChI=1S/C15H14BrNO4/c1-2-8-21-15(19)10-3-5-11(6-4-10)17-14(18)12-7-9-20-13(12)16/h3-7,9H,2,8H2,1H3,(H,17,18). The fraction of sp³-hybridized carbons (Fsp3) is 0.200. The molecule has 1 aromatic heterocycles. The fourth-order valence-corrected chi connectivity index (χ4v) is 2.04. The maximum absolute atomic E-state index is 12.0. The third kappa shape index (κ3) is 3.95. The van der Waals surface area contributed by atoms with E-state index in [4.69, 9.17) is 9.15 Å². The van der Waals surface area contributed by atoms with Gasteiger partial charge in [-0.3, -0.25) is 4.79 Å². The number of halogens is 1. The zero-order valence-electron chi connectivity index (χ0n) is 11.4. The summed E-state index contributed by atoms with van der Waals surface area (Å²) < 4.78 is 10.4. The van der Waals surface area contributed by atoms with Gasteiger partial charge in [0.15, 0.2) is 4.67 Å². The Morgan fingerprint density at radius 2 is 1.95 bits per heavy atom. The van der Waals surface area contributed by atoms with Gasteiger partial charge in [0.1, 0.15) is 0 Å². The number of furan rings is 1. The van der Waals surface area contributed by atoms with Gasteiger partial charge in [-0.2, -0.15) is 0 Å². The summed E-state index contributed by atoms with van der Waals surface area (Å²) in [7, 11) is 0. The van der Waals surface area contributed by atoms with E-state index >= 15 is 0 Å². The number of rotatable bonds is 5. The van der Waals surface area contributed by atoms with E-state index in [0.29, 0.717) is 28.1 Å². The van der Waals surface area contributed by atoms with Crippen LogP contribution in [0.25, 0.3) is 0 Å². The van der Waals surface area contributed by atoms with E-state index < -0.39 is 0 Å². The van der Waals surface area contributed by atoms with E-state index in [1.807, 2.05) is 6.92 Å². The molecule has 0 bridgehead atoms. The highest BCUT2D eigenvalue weighted by Gasteiger charge is 2.13. The summed E-state index contributed by atoms with van der Waals surface area (Å²) in [4.78, 5) is 23.6. The third-order valence-corrected chi connectivity index (χ3v) is 3.29. The van der Waals surface area contributed by atoms with Crippen LogP contribution >= 0.6 is 15.9 Å². The number of carbonyl (C=O) groups is 2. The van der Waals surface area contributed by atoms with Crippen LogP contribution in [0.2, 0.25) is 0 Å². The van der Waals surface area contributed by atoms with E-state index in [1.54, 1.807) is 30.3 Å². The Balaban J connectivity index is 2.01. The van der Waals surface area contributed by atoms with Gasteiger partial charge in [-0.25, -0.2) is 4.79 Å². The van der Waals surface area contributed by atoms with Gasteiger partial charge < -0.3 is 14.5 Å². The number of hydrogen-bond acceptors (Lipinski definition) is 4. The number of ether oxygens (including phenoxy) is 1. The molecule has 5 nitrogen and oxygen atoms in total. The number of hydrogen-bond donors (Lipinski definition) is 1. The molecular weight excluding hydrogens is 338 g/mol. The molecule has 0 atom stereocenters. The van der Waals surface area contributed by atoms with Gasteiger partial charge in [-0.15, -0.1) is 0 Å². The van der Waals surface area contributed by atoms with Crippen LogP contribution in [0.4, 0.5) is 5.69 Å². The van der Waals surface area contributed by atoms with Crippen LogP contribution in [0, 0.1) is 0 Å². The maximum Gasteiger partial charge on any atom is 0.338 e. The summed E-state index contributed by atoms with van der Waals surface area (Å²) in [5, 5.41) is 2.71. The van der Waals surface area contributed by atoms with Crippen LogP contribution < -0.4 is 5.32 Å². The first-order valence-corrected chi connectivity index (χ1v) is 7.22. The zero-order chi connectivity index (χ0) is 15.2. The van der Waals surface area contributed by atoms with Gasteiger partial charge in [0.2, 0.25) is 0 Å². The van der Waals surface area contributed by atoms with E-state index in [2.05, 4.69) is 21.2 Å². The number of nitrogens with one attached hydrogen (secondary N) is 1. The molecule has 0 spiro atoms. The van der Waals surface area contributed by atoms with Gasteiger partial charge in [0, 0.05) is 5.69 Å². The summed E-state index contributed by atoms with van der Waals surface area (Å²) in [5.74, 6) is -0.663. The summed E-state index contributed by atoms with van der Waals surface area (Å²) in [6.07, 6.45) is 2.20. The van der Waals surface area contributed by atoms with Crippen LogP contribution in [0.5, 0.6) is 0 Å². The largest absolute Gasteiger partial charge is 0.462 e. The lowest BCUT2D eigenvalue weighted by Gasteiger charge is -2.06. The molecule has 1 amide bonds. The van der Waals surface area contributed by atoms with E-state index in [1.165, 1.54) is 6.26 Å². The molecule has 110 valence electrons. The second kappa shape index (κ2) is 7.08. The van der Waals surface area contributed by atoms with Crippen molar-refractivity contribution in [1.82, 2.24) is 0 Å². The van der Waals surface area contributed by atoms with Crippen molar-refractivity contribution in [3.63, 3.8) is 0 Å². The minimum absolute atomic E-state index is 0.295. The highest BCUT2D eigenvalue weighted by atomic mass is 79.9. The molecule has 0 aliphatic carbocycles. The number of carbonyl (C=O) groups excluding carboxylic acids is 2. The van der Waals surface area contributed by atoms with Gasteiger partial charge in [-0.1, -0.05) is 6.92 Å². The van der Waals surface area contributed by atoms with E-state index in [-0.39, 0.29) is 11.9 Å². The Kier molecular flexibility index (Phi) is 5.16. The Labute approximate surface area is 130 Å². The maximum atomic E-state index is 12.0. The van der Waals surface area contributed by atoms with Crippen LogP contribution in [0.15, 0.2) is 45.7 Å². The van der Waals surface area contributed by atoms with E-state index in [9.17, 15) is 9.59 Å². The van der Waals surface area contributed by atoms with Crippen molar-refractivity contribution in [2.45, 2.75) is 13.3 Å². The summed E-state index contributed by atoms with van der Waals surface area (Å²) in [6.45, 7) is 2.33. The topological polar surface area (TPSA) is 68.5 Å². The predicted molar refractivity (Wildman–Crippen MR) is 81.4 cm³/mol. The molecule has 1 heterocycles. The van der Waals surface area contributed by atoms with Crippen LogP contribution in [0.1, 0.15) is 34.1 Å². The third-order valence-electron chi connectivity index (χ3n) is 2.68.